The minimum Gasteiger partial charge on any atom is -0.317 e. The van der Waals surface area contributed by atoms with E-state index >= 15 is 0 Å². The van der Waals surface area contributed by atoms with E-state index in [1.54, 1.807) is 5.12 Å². The summed E-state index contributed by atoms with van der Waals surface area (Å²) in [5.41, 5.74) is 8.28. The summed E-state index contributed by atoms with van der Waals surface area (Å²) in [4.78, 5) is 2.45. The van der Waals surface area contributed by atoms with Gasteiger partial charge in [-0.3, -0.25) is 5.84 Å². The number of nitrogens with one attached hydrogen (secondary N) is 1. The SMILES string of the molecule is NCNN(N)C1CN2CCC1C2. The minimum atomic E-state index is 0.416. The summed E-state index contributed by atoms with van der Waals surface area (Å²) >= 11 is 0. The third kappa shape index (κ3) is 1.34. The first-order valence-electron chi connectivity index (χ1n) is 4.51. The van der Waals surface area contributed by atoms with E-state index in [0.717, 1.165) is 12.5 Å². The van der Waals surface area contributed by atoms with Crippen LogP contribution in [0.1, 0.15) is 6.42 Å². The van der Waals surface area contributed by atoms with Gasteiger partial charge in [0.1, 0.15) is 0 Å². The zero-order valence-electron chi connectivity index (χ0n) is 7.24. The third-order valence-electron chi connectivity index (χ3n) is 2.93. The second kappa shape index (κ2) is 3.27. The Morgan fingerprint density at radius 3 is 2.83 bits per heavy atom. The molecule has 12 heavy (non-hydrogen) atoms. The number of hydrogen-bond donors (Lipinski definition) is 3. The van der Waals surface area contributed by atoms with Crippen LogP contribution in [0.25, 0.3) is 0 Å². The lowest BCUT2D eigenvalue weighted by atomic mass is 10.0. The Labute approximate surface area is 72.6 Å². The Kier molecular flexibility index (Phi) is 2.29. The second-order valence-electron chi connectivity index (χ2n) is 3.65. The molecule has 2 heterocycles. The Morgan fingerprint density at radius 1 is 1.50 bits per heavy atom. The Balaban J connectivity index is 1.89. The van der Waals surface area contributed by atoms with Gasteiger partial charge in [0.15, 0.2) is 0 Å². The minimum absolute atomic E-state index is 0.416. The van der Waals surface area contributed by atoms with Gasteiger partial charge in [0.25, 0.3) is 0 Å². The van der Waals surface area contributed by atoms with Crippen molar-refractivity contribution in [2.24, 2.45) is 17.5 Å². The zero-order chi connectivity index (χ0) is 8.55. The van der Waals surface area contributed by atoms with Crippen LogP contribution in [-0.4, -0.2) is 42.4 Å². The second-order valence-corrected chi connectivity index (χ2v) is 3.65. The van der Waals surface area contributed by atoms with Crippen LogP contribution in [0.3, 0.4) is 0 Å². The van der Waals surface area contributed by atoms with E-state index in [0.29, 0.717) is 12.7 Å². The first-order chi connectivity index (χ1) is 5.81. The van der Waals surface area contributed by atoms with E-state index in [4.69, 9.17) is 11.6 Å². The van der Waals surface area contributed by atoms with E-state index in [1.807, 2.05) is 0 Å². The number of hydrogen-bond acceptors (Lipinski definition) is 5. The van der Waals surface area contributed by atoms with Crippen LogP contribution in [0.5, 0.6) is 0 Å². The molecule has 5 heteroatoms. The molecule has 0 radical (unpaired) electrons. The van der Waals surface area contributed by atoms with E-state index in [2.05, 4.69) is 10.3 Å². The summed E-state index contributed by atoms with van der Waals surface area (Å²) in [7, 11) is 0. The lowest BCUT2D eigenvalue weighted by Gasteiger charge is -2.30. The summed E-state index contributed by atoms with van der Waals surface area (Å²) in [6, 6.07) is 0.460. The molecule has 0 spiro atoms. The molecular weight excluding hydrogens is 154 g/mol. The lowest BCUT2D eigenvalue weighted by Crippen LogP contribution is -2.56. The normalized spacial score (nSPS) is 39.8. The topological polar surface area (TPSA) is 70.5 Å². The number of hydrazine groups is 2. The van der Waals surface area contributed by atoms with Crippen molar-refractivity contribution in [2.45, 2.75) is 12.5 Å². The molecule has 2 rings (SSSR count). The first kappa shape index (κ1) is 8.40. The summed E-state index contributed by atoms with van der Waals surface area (Å²) in [5, 5.41) is 1.68. The molecule has 2 fully saturated rings. The molecule has 0 aromatic carbocycles. The van der Waals surface area contributed by atoms with Crippen molar-refractivity contribution in [3.8, 4) is 0 Å². The van der Waals surface area contributed by atoms with E-state index in [-0.39, 0.29) is 0 Å². The molecule has 0 amide bonds. The molecule has 0 saturated carbocycles. The maximum Gasteiger partial charge on any atom is 0.0580 e. The van der Waals surface area contributed by atoms with Gasteiger partial charge in [0.05, 0.1) is 12.7 Å². The lowest BCUT2D eigenvalue weighted by molar-refractivity contribution is 0.0897. The Morgan fingerprint density at radius 2 is 2.33 bits per heavy atom. The summed E-state index contributed by atoms with van der Waals surface area (Å²) in [6.07, 6.45) is 1.28. The van der Waals surface area contributed by atoms with Gasteiger partial charge < -0.3 is 10.6 Å². The van der Waals surface area contributed by atoms with E-state index in [9.17, 15) is 0 Å². The Bertz CT molecular complexity index is 162. The summed E-state index contributed by atoms with van der Waals surface area (Å²) < 4.78 is 0. The molecule has 70 valence electrons. The van der Waals surface area contributed by atoms with Crippen molar-refractivity contribution < 1.29 is 0 Å². The van der Waals surface area contributed by atoms with Gasteiger partial charge in [-0.2, -0.15) is 5.12 Å². The molecule has 3 atom stereocenters. The highest BCUT2D eigenvalue weighted by Gasteiger charge is 2.40. The van der Waals surface area contributed by atoms with Crippen LogP contribution in [-0.2, 0) is 0 Å². The van der Waals surface area contributed by atoms with E-state index in [1.165, 1.54) is 19.5 Å². The summed E-state index contributed by atoms with van der Waals surface area (Å²) in [5.74, 6) is 6.54. The predicted octanol–water partition coefficient (Wildman–Crippen LogP) is -1.71. The highest BCUT2D eigenvalue weighted by Crippen LogP contribution is 2.29. The number of piperidine rings is 1. The third-order valence-corrected chi connectivity index (χ3v) is 2.93. The molecular formula is C7H17N5. The van der Waals surface area contributed by atoms with Crippen molar-refractivity contribution in [2.75, 3.05) is 26.3 Å². The fourth-order valence-corrected chi connectivity index (χ4v) is 2.29. The van der Waals surface area contributed by atoms with Crippen LogP contribution in [0.4, 0.5) is 0 Å². The van der Waals surface area contributed by atoms with Gasteiger partial charge in [0.2, 0.25) is 0 Å². The van der Waals surface area contributed by atoms with Gasteiger partial charge in [0, 0.05) is 13.1 Å². The van der Waals surface area contributed by atoms with Crippen molar-refractivity contribution in [3.05, 3.63) is 0 Å². The monoisotopic (exact) mass is 171 g/mol. The summed E-state index contributed by atoms with van der Waals surface area (Å²) in [6.45, 7) is 3.97. The molecule has 2 aliphatic heterocycles. The average molecular weight is 171 g/mol. The highest BCUT2D eigenvalue weighted by molar-refractivity contribution is 4.94. The molecule has 2 aliphatic rings. The molecule has 2 bridgehead atoms. The number of nitrogens with zero attached hydrogens (tertiary/aromatic N) is 2. The van der Waals surface area contributed by atoms with E-state index < -0.39 is 0 Å². The molecule has 0 aromatic heterocycles. The number of nitrogens with two attached hydrogens (primary N) is 2. The van der Waals surface area contributed by atoms with Crippen LogP contribution < -0.4 is 17.0 Å². The number of rotatable bonds is 3. The predicted molar refractivity (Wildman–Crippen MR) is 46.6 cm³/mol. The maximum atomic E-state index is 5.79. The number of fused-ring (bicyclic) bond motifs is 2. The van der Waals surface area contributed by atoms with Crippen LogP contribution in [0.2, 0.25) is 0 Å². The largest absolute Gasteiger partial charge is 0.317 e. The van der Waals surface area contributed by atoms with Crippen LogP contribution in [0, 0.1) is 5.92 Å². The van der Waals surface area contributed by atoms with Crippen molar-refractivity contribution in [3.63, 3.8) is 0 Å². The van der Waals surface area contributed by atoms with Gasteiger partial charge in [-0.15, -0.1) is 0 Å². The van der Waals surface area contributed by atoms with Gasteiger partial charge in [-0.25, -0.2) is 5.43 Å². The van der Waals surface area contributed by atoms with Gasteiger partial charge >= 0.3 is 0 Å². The van der Waals surface area contributed by atoms with Crippen molar-refractivity contribution >= 4 is 0 Å². The first-order valence-corrected chi connectivity index (χ1v) is 4.51. The standard InChI is InChI=1S/C7H17N5/c8-5-10-12(9)7-4-11-2-1-6(7)3-11/h6-7,10H,1-5,8-9H2. The Hall–Kier alpha value is -0.200. The van der Waals surface area contributed by atoms with Crippen molar-refractivity contribution in [1.29, 1.82) is 0 Å². The van der Waals surface area contributed by atoms with Gasteiger partial charge in [-0.1, -0.05) is 0 Å². The molecule has 5 N–H and O–H groups in total. The molecule has 5 nitrogen and oxygen atoms in total. The van der Waals surface area contributed by atoms with Crippen LogP contribution >= 0.6 is 0 Å². The zero-order valence-corrected chi connectivity index (χ0v) is 7.24. The molecule has 3 unspecified atom stereocenters. The quantitative estimate of drug-likeness (QED) is 0.268. The van der Waals surface area contributed by atoms with Crippen LogP contribution in [0.15, 0.2) is 0 Å². The molecule has 0 aliphatic carbocycles. The maximum absolute atomic E-state index is 5.79. The van der Waals surface area contributed by atoms with Gasteiger partial charge in [-0.05, 0) is 18.9 Å². The fourth-order valence-electron chi connectivity index (χ4n) is 2.29. The van der Waals surface area contributed by atoms with Crippen molar-refractivity contribution in [1.82, 2.24) is 15.4 Å². The highest BCUT2D eigenvalue weighted by atomic mass is 15.7. The smallest absolute Gasteiger partial charge is 0.0580 e. The molecule has 0 aromatic rings. The average Bonchev–Trinajstić information content (AvgIpc) is 2.64. The fraction of sp³-hybridized carbons (Fsp3) is 1.00. The molecule has 2 saturated heterocycles.